The summed E-state index contributed by atoms with van der Waals surface area (Å²) >= 11 is 12.2. The van der Waals surface area contributed by atoms with Crippen LogP contribution in [-0.2, 0) is 15.0 Å². The summed E-state index contributed by atoms with van der Waals surface area (Å²) in [6, 6.07) is 8.34. The molecule has 33 heavy (non-hydrogen) atoms. The Hall–Kier alpha value is -2.09. The van der Waals surface area contributed by atoms with Crippen molar-refractivity contribution in [2.24, 2.45) is 5.41 Å². The van der Waals surface area contributed by atoms with Gasteiger partial charge in [-0.05, 0) is 49.1 Å². The molecule has 2 fully saturated rings. The lowest BCUT2D eigenvalue weighted by atomic mass is 9.46. The summed E-state index contributed by atoms with van der Waals surface area (Å²) in [6.45, 7) is -0.455. The Morgan fingerprint density at radius 2 is 1.85 bits per heavy atom. The van der Waals surface area contributed by atoms with Gasteiger partial charge in [0.1, 0.15) is 17.0 Å². The molecule has 2 aliphatic heterocycles. The van der Waals surface area contributed by atoms with Gasteiger partial charge in [-0.2, -0.15) is 0 Å². The van der Waals surface area contributed by atoms with E-state index in [2.05, 4.69) is 10.6 Å². The Bertz CT molecular complexity index is 1180. The van der Waals surface area contributed by atoms with Crippen LogP contribution in [0.4, 0.5) is 18.9 Å². The molecule has 3 atom stereocenters. The summed E-state index contributed by atoms with van der Waals surface area (Å²) < 4.78 is 43.2. The van der Waals surface area contributed by atoms with E-state index < -0.39 is 53.4 Å². The zero-order valence-electron chi connectivity index (χ0n) is 17.7. The Labute approximate surface area is 198 Å². The van der Waals surface area contributed by atoms with E-state index in [0.717, 1.165) is 0 Å². The molecule has 2 N–H and O–H groups in total. The molecule has 0 aromatic heterocycles. The number of hydrogen-bond donors (Lipinski definition) is 2. The minimum atomic E-state index is -1.50. The average molecular weight is 497 g/mol. The zero-order chi connectivity index (χ0) is 23.8. The van der Waals surface area contributed by atoms with Crippen molar-refractivity contribution in [2.75, 3.05) is 18.7 Å². The summed E-state index contributed by atoms with van der Waals surface area (Å²) in [6.07, 6.45) is -0.0457. The summed E-state index contributed by atoms with van der Waals surface area (Å²) in [5.74, 6) is -2.51. The lowest BCUT2D eigenvalue weighted by Gasteiger charge is -2.59. The van der Waals surface area contributed by atoms with E-state index in [1.807, 2.05) is 0 Å². The van der Waals surface area contributed by atoms with Crippen LogP contribution in [0, 0.1) is 11.2 Å². The van der Waals surface area contributed by atoms with E-state index in [1.54, 1.807) is 24.3 Å². The molecular weight excluding hydrogens is 476 g/mol. The number of fused-ring (bicyclic) bond motifs is 3. The van der Waals surface area contributed by atoms with Crippen molar-refractivity contribution in [1.29, 1.82) is 0 Å². The highest BCUT2D eigenvalue weighted by Crippen LogP contribution is 2.68. The molecule has 5 rings (SSSR count). The molecule has 1 amide bonds. The number of Topliss-reactive ketones (excluding diaryl/α,β-unsaturated/α-hetero) is 1. The molecule has 4 nitrogen and oxygen atoms in total. The largest absolute Gasteiger partial charge is 0.325 e. The van der Waals surface area contributed by atoms with Crippen LogP contribution in [0.25, 0.3) is 0 Å². The predicted molar refractivity (Wildman–Crippen MR) is 120 cm³/mol. The van der Waals surface area contributed by atoms with Gasteiger partial charge in [0.25, 0.3) is 0 Å². The van der Waals surface area contributed by atoms with Crippen LogP contribution in [0.15, 0.2) is 36.4 Å². The van der Waals surface area contributed by atoms with Gasteiger partial charge in [-0.15, -0.1) is 0 Å². The first-order valence-electron chi connectivity index (χ1n) is 10.6. The van der Waals surface area contributed by atoms with E-state index in [1.165, 1.54) is 19.1 Å². The standard InChI is InChI=1S/C24H21Cl2F3N2O2/c1-12(32)20-18(14-3-2-4-16(26)19(14)29)24(23(31-20)8-22(9-23,10-27)11-28)15-6-5-13(25)7-17(15)30-21(24)33/h2-7,18,20,31H,8-11H2,1H3,(H,30,33)/t18-,20-,24+/m0/s1. The van der Waals surface area contributed by atoms with Gasteiger partial charge >= 0.3 is 0 Å². The van der Waals surface area contributed by atoms with Crippen molar-refractivity contribution in [1.82, 2.24) is 5.32 Å². The number of hydrogen-bond acceptors (Lipinski definition) is 3. The number of nitrogens with one attached hydrogen (secondary N) is 2. The monoisotopic (exact) mass is 496 g/mol. The summed E-state index contributed by atoms with van der Waals surface area (Å²) in [5, 5.41) is 6.33. The van der Waals surface area contributed by atoms with Crippen LogP contribution in [0.5, 0.6) is 0 Å². The molecular formula is C24H21Cl2F3N2O2. The third kappa shape index (κ3) is 2.82. The molecule has 1 saturated heterocycles. The molecule has 1 aliphatic carbocycles. The minimum Gasteiger partial charge on any atom is -0.325 e. The molecule has 2 aromatic rings. The number of rotatable bonds is 4. The van der Waals surface area contributed by atoms with Gasteiger partial charge in [0, 0.05) is 27.6 Å². The minimum absolute atomic E-state index is 0.0229. The summed E-state index contributed by atoms with van der Waals surface area (Å²) in [5.41, 5.74) is -2.87. The first kappa shape index (κ1) is 22.7. The fourth-order valence-corrected chi connectivity index (χ4v) is 6.83. The second kappa shape index (κ2) is 7.45. The topological polar surface area (TPSA) is 58.2 Å². The molecule has 9 heteroatoms. The van der Waals surface area contributed by atoms with Gasteiger partial charge in [-0.25, -0.2) is 4.39 Å². The van der Waals surface area contributed by atoms with Crippen molar-refractivity contribution in [3.05, 3.63) is 63.4 Å². The average Bonchev–Trinajstić information content (AvgIpc) is 3.22. The first-order chi connectivity index (χ1) is 15.6. The smallest absolute Gasteiger partial charge is 0.237 e. The van der Waals surface area contributed by atoms with Crippen molar-refractivity contribution < 1.29 is 22.8 Å². The zero-order valence-corrected chi connectivity index (χ0v) is 19.2. The Kier molecular flexibility index (Phi) is 5.13. The number of anilines is 1. The second-order valence-corrected chi connectivity index (χ2v) is 10.4. The van der Waals surface area contributed by atoms with Crippen molar-refractivity contribution in [3.63, 3.8) is 0 Å². The highest BCUT2D eigenvalue weighted by molar-refractivity contribution is 6.31. The molecule has 2 heterocycles. The lowest BCUT2D eigenvalue weighted by molar-refractivity contribution is -0.131. The Morgan fingerprint density at radius 3 is 2.48 bits per heavy atom. The van der Waals surface area contributed by atoms with Crippen LogP contribution >= 0.6 is 23.2 Å². The SMILES string of the molecule is CC(=O)[C@@H]1NC2(CC(CF)(CF)C2)[C@@]2(C(=O)Nc3cc(Cl)ccc32)[C@H]1c1cccc(Cl)c1F. The first-order valence-corrected chi connectivity index (χ1v) is 11.4. The van der Waals surface area contributed by atoms with Crippen LogP contribution in [0.1, 0.15) is 36.8 Å². The van der Waals surface area contributed by atoms with Crippen molar-refractivity contribution in [3.8, 4) is 0 Å². The number of carbonyl (C=O) groups excluding carboxylic acids is 2. The van der Waals surface area contributed by atoms with Crippen LogP contribution in [-0.4, -0.2) is 36.6 Å². The highest BCUT2D eigenvalue weighted by Gasteiger charge is 2.77. The summed E-state index contributed by atoms with van der Waals surface area (Å²) in [7, 11) is 0. The quantitative estimate of drug-likeness (QED) is 0.617. The molecule has 0 bridgehead atoms. The van der Waals surface area contributed by atoms with Crippen molar-refractivity contribution in [2.45, 2.75) is 42.7 Å². The maximum atomic E-state index is 15.4. The number of ketones is 1. The maximum Gasteiger partial charge on any atom is 0.237 e. The lowest BCUT2D eigenvalue weighted by Crippen LogP contribution is -2.70. The second-order valence-electron chi connectivity index (χ2n) is 9.51. The normalized spacial score (nSPS) is 28.6. The number of amides is 1. The third-order valence-electron chi connectivity index (χ3n) is 7.67. The van der Waals surface area contributed by atoms with Gasteiger partial charge in [0.2, 0.25) is 5.91 Å². The number of benzene rings is 2. The van der Waals surface area contributed by atoms with Crippen molar-refractivity contribution >= 4 is 40.6 Å². The third-order valence-corrected chi connectivity index (χ3v) is 8.20. The van der Waals surface area contributed by atoms with Crippen LogP contribution in [0.2, 0.25) is 10.0 Å². The Balaban J connectivity index is 1.82. The van der Waals surface area contributed by atoms with Gasteiger partial charge in [0.15, 0.2) is 0 Å². The molecule has 1 saturated carbocycles. The van der Waals surface area contributed by atoms with E-state index in [4.69, 9.17) is 23.2 Å². The molecule has 0 unspecified atom stereocenters. The van der Waals surface area contributed by atoms with Gasteiger partial charge < -0.3 is 5.32 Å². The predicted octanol–water partition coefficient (Wildman–Crippen LogP) is 5.13. The van der Waals surface area contributed by atoms with E-state index in [-0.39, 0.29) is 29.2 Å². The Morgan fingerprint density at radius 1 is 1.15 bits per heavy atom. The van der Waals surface area contributed by atoms with Crippen LogP contribution in [0.3, 0.4) is 0 Å². The van der Waals surface area contributed by atoms with Crippen LogP contribution < -0.4 is 10.6 Å². The molecule has 3 aliphatic rings. The highest BCUT2D eigenvalue weighted by atomic mass is 35.5. The fraction of sp³-hybridized carbons (Fsp3) is 0.417. The number of carbonyl (C=O) groups is 2. The van der Waals surface area contributed by atoms with Gasteiger partial charge in [-0.1, -0.05) is 41.4 Å². The molecule has 2 aromatic carbocycles. The molecule has 2 spiro atoms. The van der Waals surface area contributed by atoms with E-state index in [9.17, 15) is 18.4 Å². The number of halogens is 5. The summed E-state index contributed by atoms with van der Waals surface area (Å²) in [4.78, 5) is 26.7. The molecule has 0 radical (unpaired) electrons. The van der Waals surface area contributed by atoms with E-state index in [0.29, 0.717) is 16.3 Å². The number of alkyl halides is 2. The van der Waals surface area contributed by atoms with E-state index >= 15 is 4.39 Å². The van der Waals surface area contributed by atoms with Gasteiger partial charge in [-0.3, -0.25) is 23.7 Å². The molecule has 174 valence electrons. The van der Waals surface area contributed by atoms with Gasteiger partial charge in [0.05, 0.1) is 24.4 Å². The maximum absolute atomic E-state index is 15.4. The fourth-order valence-electron chi connectivity index (χ4n) is 6.48.